The molecule has 0 unspecified atom stereocenters. The summed E-state index contributed by atoms with van der Waals surface area (Å²) in [4.78, 5) is 0. The molecule has 0 bridgehead atoms. The Morgan fingerprint density at radius 1 is 1.16 bits per heavy atom. The molecular weight excluding hydrogens is 238 g/mol. The molecule has 0 amide bonds. The molecule has 1 N–H and O–H groups in total. The summed E-state index contributed by atoms with van der Waals surface area (Å²) in [5.74, 6) is 0.944. The monoisotopic (exact) mass is 255 g/mol. The van der Waals surface area contributed by atoms with Crippen LogP contribution in [0, 0.1) is 0 Å². The first-order valence-corrected chi connectivity index (χ1v) is 6.56. The largest absolute Gasteiger partial charge is 0.468 e. The summed E-state index contributed by atoms with van der Waals surface area (Å²) >= 11 is 0. The van der Waals surface area contributed by atoms with Crippen molar-refractivity contribution in [3.8, 4) is 0 Å². The van der Waals surface area contributed by atoms with Crippen molar-refractivity contribution in [2.75, 3.05) is 0 Å². The van der Waals surface area contributed by atoms with Crippen LogP contribution in [0.3, 0.4) is 0 Å². The molecule has 0 radical (unpaired) electrons. The van der Waals surface area contributed by atoms with E-state index in [0.717, 1.165) is 31.1 Å². The Morgan fingerprint density at radius 3 is 2.84 bits per heavy atom. The zero-order chi connectivity index (χ0) is 13.1. The number of para-hydroxylation sites is 1. The summed E-state index contributed by atoms with van der Waals surface area (Å²) < 4.78 is 7.34. The fourth-order valence-corrected chi connectivity index (χ4v) is 2.29. The van der Waals surface area contributed by atoms with Gasteiger partial charge in [0.05, 0.1) is 24.0 Å². The highest BCUT2D eigenvalue weighted by Gasteiger charge is 2.08. The van der Waals surface area contributed by atoms with Crippen LogP contribution in [0.4, 0.5) is 0 Å². The minimum absolute atomic E-state index is 0.723. The van der Waals surface area contributed by atoms with Gasteiger partial charge >= 0.3 is 0 Å². The van der Waals surface area contributed by atoms with Crippen LogP contribution in [-0.2, 0) is 19.6 Å². The second kappa shape index (κ2) is 5.28. The number of fused-ring (bicyclic) bond motifs is 1. The van der Waals surface area contributed by atoms with Crippen molar-refractivity contribution >= 4 is 10.9 Å². The maximum absolute atomic E-state index is 5.30. The molecule has 0 atom stereocenters. The van der Waals surface area contributed by atoms with Crippen molar-refractivity contribution in [2.24, 2.45) is 0 Å². The van der Waals surface area contributed by atoms with Gasteiger partial charge in [0.1, 0.15) is 5.76 Å². The summed E-state index contributed by atoms with van der Waals surface area (Å²) in [5.41, 5.74) is 2.28. The van der Waals surface area contributed by atoms with Crippen LogP contribution in [0.2, 0.25) is 0 Å². The predicted molar refractivity (Wildman–Crippen MR) is 74.7 cm³/mol. The molecule has 0 saturated heterocycles. The van der Waals surface area contributed by atoms with Crippen molar-refractivity contribution in [3.05, 3.63) is 54.1 Å². The molecule has 2 aromatic heterocycles. The van der Waals surface area contributed by atoms with Crippen molar-refractivity contribution in [1.82, 2.24) is 15.1 Å². The quantitative estimate of drug-likeness (QED) is 0.762. The number of rotatable bonds is 5. The molecule has 3 aromatic rings. The van der Waals surface area contributed by atoms with Crippen LogP contribution >= 0.6 is 0 Å². The van der Waals surface area contributed by atoms with Gasteiger partial charge < -0.3 is 9.73 Å². The van der Waals surface area contributed by atoms with Crippen LogP contribution in [0.25, 0.3) is 10.9 Å². The van der Waals surface area contributed by atoms with Crippen LogP contribution in [0.1, 0.15) is 18.4 Å². The van der Waals surface area contributed by atoms with Crippen molar-refractivity contribution < 1.29 is 4.42 Å². The Kier molecular flexibility index (Phi) is 3.33. The van der Waals surface area contributed by atoms with Crippen molar-refractivity contribution in [2.45, 2.75) is 26.6 Å². The minimum atomic E-state index is 0.723. The summed E-state index contributed by atoms with van der Waals surface area (Å²) in [6.45, 7) is 4.46. The average Bonchev–Trinajstić information content (AvgIpc) is 3.07. The maximum Gasteiger partial charge on any atom is 0.117 e. The molecular formula is C15H17N3O. The van der Waals surface area contributed by atoms with Gasteiger partial charge in [-0.25, -0.2) is 0 Å². The highest BCUT2D eigenvalue weighted by Crippen LogP contribution is 2.18. The number of nitrogens with zero attached hydrogens (tertiary/aromatic N) is 2. The first-order chi connectivity index (χ1) is 9.38. The fourth-order valence-electron chi connectivity index (χ4n) is 2.29. The van der Waals surface area contributed by atoms with Gasteiger partial charge in [-0.3, -0.25) is 4.68 Å². The van der Waals surface area contributed by atoms with Gasteiger partial charge in [0.2, 0.25) is 0 Å². The van der Waals surface area contributed by atoms with Gasteiger partial charge in [0.15, 0.2) is 0 Å². The van der Waals surface area contributed by atoms with Crippen LogP contribution in [-0.4, -0.2) is 9.78 Å². The number of aromatic nitrogens is 2. The van der Waals surface area contributed by atoms with E-state index in [-0.39, 0.29) is 0 Å². The van der Waals surface area contributed by atoms with E-state index >= 15 is 0 Å². The first kappa shape index (κ1) is 12.0. The van der Waals surface area contributed by atoms with E-state index in [1.165, 1.54) is 10.9 Å². The topological polar surface area (TPSA) is 43.0 Å². The lowest BCUT2D eigenvalue weighted by molar-refractivity contribution is 0.481. The number of aryl methyl sites for hydroxylation is 1. The molecule has 3 rings (SSSR count). The summed E-state index contributed by atoms with van der Waals surface area (Å²) in [7, 11) is 0. The third kappa shape index (κ3) is 2.39. The Balaban J connectivity index is 1.77. The van der Waals surface area contributed by atoms with E-state index in [0.29, 0.717) is 0 Å². The Morgan fingerprint density at radius 2 is 2.05 bits per heavy atom. The van der Waals surface area contributed by atoms with Gasteiger partial charge in [-0.1, -0.05) is 18.2 Å². The first-order valence-electron chi connectivity index (χ1n) is 6.56. The predicted octanol–water partition coefficient (Wildman–Crippen LogP) is 2.94. The molecule has 0 spiro atoms. The SMILES string of the molecule is CCn1nc(CNCc2ccco2)c2ccccc21. The molecule has 0 aliphatic rings. The average molecular weight is 255 g/mol. The van der Waals surface area contributed by atoms with E-state index < -0.39 is 0 Å². The van der Waals surface area contributed by atoms with Gasteiger partial charge in [-0.05, 0) is 25.1 Å². The normalized spacial score (nSPS) is 11.2. The van der Waals surface area contributed by atoms with Crippen LogP contribution in [0.15, 0.2) is 47.1 Å². The van der Waals surface area contributed by atoms with Gasteiger partial charge in [-0.15, -0.1) is 0 Å². The molecule has 0 aliphatic carbocycles. The van der Waals surface area contributed by atoms with E-state index in [1.54, 1.807) is 6.26 Å². The molecule has 98 valence electrons. The summed E-state index contributed by atoms with van der Waals surface area (Å²) in [6.07, 6.45) is 1.69. The highest BCUT2D eigenvalue weighted by molar-refractivity contribution is 5.81. The highest BCUT2D eigenvalue weighted by atomic mass is 16.3. The van der Waals surface area contributed by atoms with Crippen LogP contribution < -0.4 is 5.32 Å². The molecule has 0 aliphatic heterocycles. The molecule has 4 nitrogen and oxygen atoms in total. The Labute approximate surface area is 112 Å². The number of furan rings is 1. The third-order valence-electron chi connectivity index (χ3n) is 3.21. The van der Waals surface area contributed by atoms with Crippen molar-refractivity contribution in [1.29, 1.82) is 0 Å². The second-order valence-corrected chi connectivity index (χ2v) is 4.46. The number of hydrogen-bond acceptors (Lipinski definition) is 3. The molecule has 1 aromatic carbocycles. The van der Waals surface area contributed by atoms with Gasteiger partial charge in [-0.2, -0.15) is 5.10 Å². The number of benzene rings is 1. The lowest BCUT2D eigenvalue weighted by atomic mass is 10.2. The zero-order valence-corrected chi connectivity index (χ0v) is 11.0. The standard InChI is InChI=1S/C15H17N3O/c1-2-18-15-8-4-3-7-13(15)14(17-18)11-16-10-12-6-5-9-19-12/h3-9,16H,2,10-11H2,1H3. The molecule has 4 heteroatoms. The molecule has 0 saturated carbocycles. The number of hydrogen-bond donors (Lipinski definition) is 1. The van der Waals surface area contributed by atoms with Gasteiger partial charge in [0.25, 0.3) is 0 Å². The maximum atomic E-state index is 5.30. The Bertz CT molecular complexity index is 655. The third-order valence-corrected chi connectivity index (χ3v) is 3.21. The summed E-state index contributed by atoms with van der Waals surface area (Å²) in [5, 5.41) is 9.23. The second-order valence-electron chi connectivity index (χ2n) is 4.46. The van der Waals surface area contributed by atoms with E-state index in [1.807, 2.05) is 16.8 Å². The van der Waals surface area contributed by atoms with E-state index in [9.17, 15) is 0 Å². The fraction of sp³-hybridized carbons (Fsp3) is 0.267. The zero-order valence-electron chi connectivity index (χ0n) is 11.0. The smallest absolute Gasteiger partial charge is 0.117 e. The lowest BCUT2D eigenvalue weighted by Gasteiger charge is -2.00. The lowest BCUT2D eigenvalue weighted by Crippen LogP contribution is -2.13. The van der Waals surface area contributed by atoms with E-state index in [2.05, 4.69) is 41.6 Å². The molecule has 0 fully saturated rings. The minimum Gasteiger partial charge on any atom is -0.468 e. The van der Waals surface area contributed by atoms with Gasteiger partial charge in [0, 0.05) is 18.5 Å². The summed E-state index contributed by atoms with van der Waals surface area (Å²) in [6, 6.07) is 12.2. The molecule has 2 heterocycles. The molecule has 19 heavy (non-hydrogen) atoms. The van der Waals surface area contributed by atoms with Crippen LogP contribution in [0.5, 0.6) is 0 Å². The Hall–Kier alpha value is -2.07. The van der Waals surface area contributed by atoms with E-state index in [4.69, 9.17) is 4.42 Å². The van der Waals surface area contributed by atoms with Crippen molar-refractivity contribution in [3.63, 3.8) is 0 Å². The number of nitrogens with one attached hydrogen (secondary N) is 1.